The van der Waals surface area contributed by atoms with Crippen LogP contribution in [0.25, 0.3) is 0 Å². The highest BCUT2D eigenvalue weighted by Crippen LogP contribution is 2.19. The molecule has 21 heavy (non-hydrogen) atoms. The lowest BCUT2D eigenvalue weighted by Gasteiger charge is -2.13. The Morgan fingerprint density at radius 1 is 1.24 bits per heavy atom. The molecule has 0 spiro atoms. The number of anilines is 2. The number of hydrazine groups is 1. The number of nitrogens with two attached hydrogens (primary N) is 1. The molecule has 7 heteroatoms. The van der Waals surface area contributed by atoms with Crippen LogP contribution in [0.15, 0.2) is 12.4 Å². The summed E-state index contributed by atoms with van der Waals surface area (Å²) in [5.41, 5.74) is 4.72. The number of nitrogen functional groups attached to an aromatic ring is 1. The number of hydrogen-bond donors (Lipinski definition) is 3. The minimum atomic E-state index is 0.672. The van der Waals surface area contributed by atoms with Gasteiger partial charge in [-0.25, -0.2) is 15.8 Å². The molecule has 7 nitrogen and oxygen atoms in total. The molecule has 0 aliphatic rings. The fourth-order valence-electron chi connectivity index (χ4n) is 2.09. The largest absolute Gasteiger partial charge is 0.368 e. The van der Waals surface area contributed by atoms with Crippen LogP contribution in [0.3, 0.4) is 0 Å². The van der Waals surface area contributed by atoms with E-state index in [0.29, 0.717) is 5.82 Å². The Kier molecular flexibility index (Phi) is 5.10. The molecule has 0 aliphatic heterocycles. The van der Waals surface area contributed by atoms with Gasteiger partial charge in [0.25, 0.3) is 0 Å². The lowest BCUT2D eigenvalue weighted by Crippen LogP contribution is -2.17. The number of aromatic nitrogens is 4. The first-order chi connectivity index (χ1) is 10.1. The van der Waals surface area contributed by atoms with E-state index in [9.17, 15) is 0 Å². The van der Waals surface area contributed by atoms with Gasteiger partial charge in [0.2, 0.25) is 0 Å². The molecule has 0 saturated carbocycles. The summed E-state index contributed by atoms with van der Waals surface area (Å²) in [5.74, 6) is 7.82. The Morgan fingerprint density at radius 3 is 2.62 bits per heavy atom. The summed E-state index contributed by atoms with van der Waals surface area (Å²) in [4.78, 5) is 8.97. The van der Waals surface area contributed by atoms with Crippen molar-refractivity contribution in [1.82, 2.24) is 19.7 Å². The molecule has 0 radical (unpaired) electrons. The zero-order valence-corrected chi connectivity index (χ0v) is 12.8. The Labute approximate surface area is 124 Å². The zero-order chi connectivity index (χ0) is 15.2. The van der Waals surface area contributed by atoms with Crippen LogP contribution in [-0.4, -0.2) is 26.3 Å². The first-order valence-electron chi connectivity index (χ1n) is 7.21. The number of nitrogens with one attached hydrogen (secondary N) is 2. The van der Waals surface area contributed by atoms with Crippen LogP contribution in [0.5, 0.6) is 0 Å². The van der Waals surface area contributed by atoms with Gasteiger partial charge in [0, 0.05) is 24.7 Å². The smallest absolute Gasteiger partial charge is 0.148 e. The van der Waals surface area contributed by atoms with E-state index < -0.39 is 0 Å². The summed E-state index contributed by atoms with van der Waals surface area (Å²) >= 11 is 0. The van der Waals surface area contributed by atoms with Crippen molar-refractivity contribution in [1.29, 1.82) is 0 Å². The Hall–Kier alpha value is -2.15. The van der Waals surface area contributed by atoms with Crippen molar-refractivity contribution in [2.24, 2.45) is 5.84 Å². The van der Waals surface area contributed by atoms with Gasteiger partial charge in [0.1, 0.15) is 17.5 Å². The second-order valence-electron chi connectivity index (χ2n) is 5.06. The number of hydrogen-bond acceptors (Lipinski definition) is 6. The maximum absolute atomic E-state index is 5.52. The monoisotopic (exact) mass is 289 g/mol. The Balaban J connectivity index is 2.05. The minimum Gasteiger partial charge on any atom is -0.368 e. The quantitative estimate of drug-likeness (QED) is 0.530. The fourth-order valence-corrected chi connectivity index (χ4v) is 2.09. The molecule has 2 aromatic rings. The maximum atomic E-state index is 5.52. The second kappa shape index (κ2) is 7.03. The van der Waals surface area contributed by atoms with Crippen molar-refractivity contribution >= 4 is 11.6 Å². The number of nitrogens with zero attached hydrogens (tertiary/aromatic N) is 4. The van der Waals surface area contributed by atoms with E-state index in [0.717, 1.165) is 48.7 Å². The molecule has 2 heterocycles. The van der Waals surface area contributed by atoms with E-state index >= 15 is 0 Å². The van der Waals surface area contributed by atoms with Gasteiger partial charge < -0.3 is 10.7 Å². The lowest BCUT2D eigenvalue weighted by atomic mass is 10.2. The molecule has 0 aliphatic carbocycles. The number of aryl methyl sites for hydroxylation is 2. The Morgan fingerprint density at radius 2 is 2.00 bits per heavy atom. The summed E-state index contributed by atoms with van der Waals surface area (Å²) in [6.07, 6.45) is 5.71. The van der Waals surface area contributed by atoms with Gasteiger partial charge in [0.15, 0.2) is 0 Å². The van der Waals surface area contributed by atoms with E-state index in [2.05, 4.69) is 32.7 Å². The molecule has 0 fully saturated rings. The van der Waals surface area contributed by atoms with Crippen LogP contribution in [0.4, 0.5) is 11.6 Å². The van der Waals surface area contributed by atoms with E-state index in [-0.39, 0.29) is 0 Å². The molecule has 0 bridgehead atoms. The molecule has 2 aromatic heterocycles. The SMILES string of the molecule is CCCc1nc(NN)c(C)c(NCCn2cc(C)cn2)n1. The van der Waals surface area contributed by atoms with Gasteiger partial charge in [-0.3, -0.25) is 4.68 Å². The van der Waals surface area contributed by atoms with Crippen molar-refractivity contribution in [3.05, 3.63) is 29.3 Å². The third-order valence-corrected chi connectivity index (χ3v) is 3.20. The third-order valence-electron chi connectivity index (χ3n) is 3.20. The van der Waals surface area contributed by atoms with Crippen molar-refractivity contribution in [2.75, 3.05) is 17.3 Å². The van der Waals surface area contributed by atoms with E-state index in [4.69, 9.17) is 5.84 Å². The first kappa shape index (κ1) is 15.2. The number of rotatable bonds is 7. The zero-order valence-electron chi connectivity index (χ0n) is 12.8. The highest BCUT2D eigenvalue weighted by Gasteiger charge is 2.09. The summed E-state index contributed by atoms with van der Waals surface area (Å²) in [7, 11) is 0. The predicted molar refractivity (Wildman–Crippen MR) is 84.0 cm³/mol. The van der Waals surface area contributed by atoms with Crippen molar-refractivity contribution in [2.45, 2.75) is 40.2 Å². The summed E-state index contributed by atoms with van der Waals surface area (Å²) < 4.78 is 1.91. The van der Waals surface area contributed by atoms with Gasteiger partial charge in [-0.1, -0.05) is 6.92 Å². The van der Waals surface area contributed by atoms with Gasteiger partial charge in [-0.15, -0.1) is 0 Å². The van der Waals surface area contributed by atoms with Gasteiger partial charge in [-0.2, -0.15) is 5.10 Å². The minimum absolute atomic E-state index is 0.672. The van der Waals surface area contributed by atoms with Gasteiger partial charge >= 0.3 is 0 Å². The molecular formula is C14H23N7. The molecule has 0 unspecified atom stereocenters. The fraction of sp³-hybridized carbons (Fsp3) is 0.500. The van der Waals surface area contributed by atoms with Gasteiger partial charge in [0.05, 0.1) is 12.7 Å². The average molecular weight is 289 g/mol. The van der Waals surface area contributed by atoms with Crippen molar-refractivity contribution < 1.29 is 0 Å². The van der Waals surface area contributed by atoms with Gasteiger partial charge in [-0.05, 0) is 25.8 Å². The van der Waals surface area contributed by atoms with E-state index in [1.165, 1.54) is 0 Å². The molecular weight excluding hydrogens is 266 g/mol. The topological polar surface area (TPSA) is 93.7 Å². The van der Waals surface area contributed by atoms with Crippen LogP contribution in [0.2, 0.25) is 0 Å². The molecule has 4 N–H and O–H groups in total. The summed E-state index contributed by atoms with van der Waals surface area (Å²) in [6, 6.07) is 0. The van der Waals surface area contributed by atoms with Crippen LogP contribution in [0.1, 0.15) is 30.3 Å². The normalized spacial score (nSPS) is 10.7. The highest BCUT2D eigenvalue weighted by atomic mass is 15.3. The third kappa shape index (κ3) is 3.91. The summed E-state index contributed by atoms with van der Waals surface area (Å²) in [5, 5.41) is 7.60. The van der Waals surface area contributed by atoms with Crippen molar-refractivity contribution in [3.8, 4) is 0 Å². The molecule has 0 atom stereocenters. The molecule has 0 saturated heterocycles. The summed E-state index contributed by atoms with van der Waals surface area (Å²) in [6.45, 7) is 7.61. The first-order valence-corrected chi connectivity index (χ1v) is 7.21. The molecule has 0 aromatic carbocycles. The second-order valence-corrected chi connectivity index (χ2v) is 5.06. The standard InChI is InChI=1S/C14H23N7/c1-4-5-12-18-13(11(3)14(19-12)20-15)16-6-7-21-9-10(2)8-17-21/h8-9H,4-7,15H2,1-3H3,(H2,16,18,19,20). The van der Waals surface area contributed by atoms with Crippen molar-refractivity contribution in [3.63, 3.8) is 0 Å². The van der Waals surface area contributed by atoms with Crippen LogP contribution in [0, 0.1) is 13.8 Å². The molecule has 114 valence electrons. The van der Waals surface area contributed by atoms with E-state index in [1.807, 2.05) is 30.9 Å². The highest BCUT2D eigenvalue weighted by molar-refractivity contribution is 5.56. The van der Waals surface area contributed by atoms with Crippen LogP contribution < -0.4 is 16.6 Å². The maximum Gasteiger partial charge on any atom is 0.148 e. The van der Waals surface area contributed by atoms with E-state index in [1.54, 1.807) is 0 Å². The molecule has 0 amide bonds. The average Bonchev–Trinajstić information content (AvgIpc) is 2.88. The Bertz CT molecular complexity index is 591. The van der Waals surface area contributed by atoms with Crippen LogP contribution >= 0.6 is 0 Å². The molecule has 2 rings (SSSR count). The van der Waals surface area contributed by atoms with Crippen LogP contribution in [-0.2, 0) is 13.0 Å². The lowest BCUT2D eigenvalue weighted by molar-refractivity contribution is 0.636. The predicted octanol–water partition coefficient (Wildman–Crippen LogP) is 1.64.